The summed E-state index contributed by atoms with van der Waals surface area (Å²) in [7, 11) is 1.37. The fourth-order valence-corrected chi connectivity index (χ4v) is 2.98. The van der Waals surface area contributed by atoms with Crippen molar-refractivity contribution < 1.29 is 14.6 Å². The van der Waals surface area contributed by atoms with E-state index in [0.29, 0.717) is 13.0 Å². The van der Waals surface area contributed by atoms with Crippen LogP contribution in [0.15, 0.2) is 17.5 Å². The van der Waals surface area contributed by atoms with E-state index in [1.165, 1.54) is 12.0 Å². The van der Waals surface area contributed by atoms with Gasteiger partial charge in [0, 0.05) is 11.4 Å². The Bertz CT molecular complexity index is 366. The Kier molecular flexibility index (Phi) is 4.15. The lowest BCUT2D eigenvalue weighted by molar-refractivity contribution is -0.154. The number of carbonyl (C=O) groups excluding carboxylic acids is 1. The number of thiophene rings is 1. The Hall–Kier alpha value is -0.910. The number of rotatable bonds is 3. The molecule has 0 bridgehead atoms. The van der Waals surface area contributed by atoms with Gasteiger partial charge in [0.2, 0.25) is 0 Å². The lowest BCUT2D eigenvalue weighted by Gasteiger charge is -2.36. The Morgan fingerprint density at radius 3 is 3.18 bits per heavy atom. The first-order valence-corrected chi connectivity index (χ1v) is 6.62. The lowest BCUT2D eigenvalue weighted by Crippen LogP contribution is -2.52. The molecule has 2 rings (SSSR count). The molecular weight excluding hydrogens is 238 g/mol. The van der Waals surface area contributed by atoms with Crippen LogP contribution in [0.1, 0.15) is 17.7 Å². The fourth-order valence-electron chi connectivity index (χ4n) is 2.25. The van der Waals surface area contributed by atoms with Crippen LogP contribution in [0.25, 0.3) is 0 Å². The van der Waals surface area contributed by atoms with Crippen LogP contribution < -0.4 is 0 Å². The van der Waals surface area contributed by atoms with Crippen molar-refractivity contribution in [1.29, 1.82) is 0 Å². The molecule has 2 heterocycles. The smallest absolute Gasteiger partial charge is 0.325 e. The normalized spacial score (nSPS) is 25.8. The molecule has 0 spiro atoms. The summed E-state index contributed by atoms with van der Waals surface area (Å²) < 4.78 is 4.77. The van der Waals surface area contributed by atoms with E-state index in [1.54, 1.807) is 11.3 Å². The van der Waals surface area contributed by atoms with Crippen molar-refractivity contribution in [3.05, 3.63) is 22.4 Å². The molecule has 0 unspecified atom stereocenters. The van der Waals surface area contributed by atoms with Gasteiger partial charge in [0.15, 0.2) is 0 Å². The minimum atomic E-state index is -0.615. The number of aliphatic hydroxyl groups is 1. The van der Waals surface area contributed by atoms with Gasteiger partial charge >= 0.3 is 5.97 Å². The molecule has 0 aliphatic carbocycles. The summed E-state index contributed by atoms with van der Waals surface area (Å²) in [5.41, 5.74) is 0. The summed E-state index contributed by atoms with van der Waals surface area (Å²) in [6.07, 6.45) is 0.969. The van der Waals surface area contributed by atoms with Gasteiger partial charge in [-0.25, -0.2) is 0 Å². The first-order chi connectivity index (χ1) is 8.22. The second kappa shape index (κ2) is 5.62. The molecule has 1 aromatic rings. The Morgan fingerprint density at radius 1 is 1.71 bits per heavy atom. The number of ether oxygens (including phenoxy) is 1. The molecular formula is C12H17NO3S. The van der Waals surface area contributed by atoms with Crippen LogP contribution in [0.3, 0.4) is 0 Å². The van der Waals surface area contributed by atoms with Crippen LogP contribution in [0.4, 0.5) is 0 Å². The Balaban J connectivity index is 2.09. The summed E-state index contributed by atoms with van der Waals surface area (Å²) in [5.74, 6) is -0.339. The van der Waals surface area contributed by atoms with E-state index in [2.05, 4.69) is 0 Å². The molecule has 1 aliphatic rings. The van der Waals surface area contributed by atoms with E-state index >= 15 is 0 Å². The minimum absolute atomic E-state index is 0.339. The highest BCUT2D eigenvalue weighted by atomic mass is 32.1. The van der Waals surface area contributed by atoms with Crippen LogP contribution in [0.2, 0.25) is 0 Å². The molecule has 1 aromatic heterocycles. The van der Waals surface area contributed by atoms with Crippen molar-refractivity contribution in [2.45, 2.75) is 31.5 Å². The fraction of sp³-hybridized carbons (Fsp3) is 0.583. The predicted octanol–water partition coefficient (Wildman–Crippen LogP) is 1.25. The van der Waals surface area contributed by atoms with Gasteiger partial charge in [0.05, 0.1) is 13.2 Å². The van der Waals surface area contributed by atoms with Crippen LogP contribution in [-0.2, 0) is 16.1 Å². The number of esters is 1. The van der Waals surface area contributed by atoms with Crippen molar-refractivity contribution in [3.63, 3.8) is 0 Å². The SMILES string of the molecule is COC(=O)[C@@H]1[C@@H](O)CCCN1Cc1cccs1. The molecule has 2 atom stereocenters. The molecule has 0 aromatic carbocycles. The van der Waals surface area contributed by atoms with Gasteiger partial charge in [-0.2, -0.15) is 0 Å². The van der Waals surface area contributed by atoms with Gasteiger partial charge in [-0.3, -0.25) is 9.69 Å². The van der Waals surface area contributed by atoms with Crippen molar-refractivity contribution >= 4 is 17.3 Å². The number of piperidine rings is 1. The van der Waals surface area contributed by atoms with E-state index in [9.17, 15) is 9.90 Å². The molecule has 0 amide bonds. The molecule has 4 nitrogen and oxygen atoms in total. The van der Waals surface area contributed by atoms with Gasteiger partial charge in [-0.05, 0) is 30.8 Å². The highest BCUT2D eigenvalue weighted by molar-refractivity contribution is 7.09. The highest BCUT2D eigenvalue weighted by Crippen LogP contribution is 2.22. The van der Waals surface area contributed by atoms with Crippen LogP contribution in [0, 0.1) is 0 Å². The highest BCUT2D eigenvalue weighted by Gasteiger charge is 2.36. The second-order valence-electron chi connectivity index (χ2n) is 4.23. The zero-order chi connectivity index (χ0) is 12.3. The summed E-state index contributed by atoms with van der Waals surface area (Å²) in [4.78, 5) is 14.9. The Morgan fingerprint density at radius 2 is 2.53 bits per heavy atom. The van der Waals surface area contributed by atoms with E-state index < -0.39 is 12.1 Å². The first-order valence-electron chi connectivity index (χ1n) is 5.74. The van der Waals surface area contributed by atoms with Crippen molar-refractivity contribution in [2.75, 3.05) is 13.7 Å². The third kappa shape index (κ3) is 2.86. The van der Waals surface area contributed by atoms with Gasteiger partial charge in [-0.15, -0.1) is 11.3 Å². The zero-order valence-corrected chi connectivity index (χ0v) is 10.7. The van der Waals surface area contributed by atoms with Crippen molar-refractivity contribution in [2.24, 2.45) is 0 Å². The lowest BCUT2D eigenvalue weighted by atomic mass is 9.99. The first kappa shape index (κ1) is 12.5. The molecule has 1 saturated heterocycles. The number of methoxy groups -OCH3 is 1. The summed E-state index contributed by atoms with van der Waals surface area (Å²) in [6, 6.07) is 3.52. The average molecular weight is 255 g/mol. The third-order valence-corrected chi connectivity index (χ3v) is 3.95. The second-order valence-corrected chi connectivity index (χ2v) is 5.26. The molecule has 1 fully saturated rings. The molecule has 5 heteroatoms. The number of carbonyl (C=O) groups is 1. The van der Waals surface area contributed by atoms with E-state index in [-0.39, 0.29) is 5.97 Å². The maximum absolute atomic E-state index is 11.7. The summed E-state index contributed by atoms with van der Waals surface area (Å²) in [6.45, 7) is 1.53. The van der Waals surface area contributed by atoms with Gasteiger partial charge in [0.1, 0.15) is 6.04 Å². The van der Waals surface area contributed by atoms with Crippen LogP contribution >= 0.6 is 11.3 Å². The zero-order valence-electron chi connectivity index (χ0n) is 9.83. The quantitative estimate of drug-likeness (QED) is 0.826. The molecule has 17 heavy (non-hydrogen) atoms. The van der Waals surface area contributed by atoms with Crippen LogP contribution in [0.5, 0.6) is 0 Å². The van der Waals surface area contributed by atoms with E-state index in [0.717, 1.165) is 13.0 Å². The minimum Gasteiger partial charge on any atom is -0.468 e. The van der Waals surface area contributed by atoms with Crippen molar-refractivity contribution in [3.8, 4) is 0 Å². The molecule has 0 radical (unpaired) electrons. The van der Waals surface area contributed by atoms with Crippen molar-refractivity contribution in [1.82, 2.24) is 4.90 Å². The monoisotopic (exact) mass is 255 g/mol. The number of nitrogens with zero attached hydrogens (tertiary/aromatic N) is 1. The number of hydrogen-bond donors (Lipinski definition) is 1. The average Bonchev–Trinajstić information content (AvgIpc) is 2.81. The van der Waals surface area contributed by atoms with Gasteiger partial charge in [0.25, 0.3) is 0 Å². The Labute approximate surface area is 105 Å². The molecule has 0 saturated carbocycles. The summed E-state index contributed by atoms with van der Waals surface area (Å²) in [5, 5.41) is 11.9. The van der Waals surface area contributed by atoms with E-state index in [4.69, 9.17) is 4.74 Å². The summed E-state index contributed by atoms with van der Waals surface area (Å²) >= 11 is 1.66. The third-order valence-electron chi connectivity index (χ3n) is 3.08. The van der Waals surface area contributed by atoms with Gasteiger partial charge in [-0.1, -0.05) is 6.07 Å². The topological polar surface area (TPSA) is 49.8 Å². The number of likely N-dealkylation sites (tertiary alicyclic amines) is 1. The van der Waals surface area contributed by atoms with E-state index in [1.807, 2.05) is 22.4 Å². The van der Waals surface area contributed by atoms with Gasteiger partial charge < -0.3 is 9.84 Å². The standard InChI is InChI=1S/C12H17NO3S/c1-16-12(15)11-10(14)5-2-6-13(11)8-9-4-3-7-17-9/h3-4,7,10-11,14H,2,5-6,8H2,1H3/t10-,11-/m0/s1. The van der Waals surface area contributed by atoms with Crippen LogP contribution in [-0.4, -0.2) is 41.8 Å². The molecule has 94 valence electrons. The largest absolute Gasteiger partial charge is 0.468 e. The predicted molar refractivity (Wildman–Crippen MR) is 65.8 cm³/mol. The number of hydrogen-bond acceptors (Lipinski definition) is 5. The molecule has 1 aliphatic heterocycles. The maximum atomic E-state index is 11.7. The number of aliphatic hydroxyl groups excluding tert-OH is 1. The molecule has 1 N–H and O–H groups in total. The maximum Gasteiger partial charge on any atom is 0.325 e.